The largest absolute Gasteiger partial charge is 0.497 e. The smallest absolute Gasteiger partial charge is 0.185 e. The van der Waals surface area contributed by atoms with Crippen molar-refractivity contribution in [1.29, 1.82) is 0 Å². The number of hydrogen-bond donors (Lipinski definition) is 0. The molecular weight excluding hydrogens is 320 g/mol. The van der Waals surface area contributed by atoms with Crippen molar-refractivity contribution in [3.63, 3.8) is 0 Å². The molecule has 0 amide bonds. The maximum absolute atomic E-state index is 12.6. The quantitative estimate of drug-likeness (QED) is 0.263. The van der Waals surface area contributed by atoms with Crippen molar-refractivity contribution in [1.82, 2.24) is 0 Å². The molecule has 4 rings (SSSR count). The molecule has 2 heteroatoms. The van der Waals surface area contributed by atoms with E-state index < -0.39 is 0 Å². The molecule has 0 saturated heterocycles. The lowest BCUT2D eigenvalue weighted by molar-refractivity contribution is 0.104. The molecule has 0 bridgehead atoms. The van der Waals surface area contributed by atoms with Crippen molar-refractivity contribution in [2.45, 2.75) is 0 Å². The summed E-state index contributed by atoms with van der Waals surface area (Å²) in [6.45, 7) is 0. The number of allylic oxidation sites excluding steroid dienone is 1. The third-order valence-electron chi connectivity index (χ3n) is 4.57. The summed E-state index contributed by atoms with van der Waals surface area (Å²) in [7, 11) is 1.60. The molecule has 0 unspecified atom stereocenters. The van der Waals surface area contributed by atoms with E-state index in [-0.39, 0.29) is 5.78 Å². The predicted octanol–water partition coefficient (Wildman–Crippen LogP) is 5.90. The molecule has 2 nitrogen and oxygen atoms in total. The molecule has 0 fully saturated rings. The van der Waals surface area contributed by atoms with Crippen LogP contribution in [0.4, 0.5) is 0 Å². The summed E-state index contributed by atoms with van der Waals surface area (Å²) >= 11 is 0. The van der Waals surface area contributed by atoms with Crippen LogP contribution in [-0.4, -0.2) is 12.9 Å². The second-order valence-corrected chi connectivity index (χ2v) is 6.16. The fourth-order valence-corrected chi connectivity index (χ4v) is 3.26. The van der Waals surface area contributed by atoms with Crippen molar-refractivity contribution in [3.8, 4) is 5.75 Å². The summed E-state index contributed by atoms with van der Waals surface area (Å²) in [6, 6.07) is 25.9. The summed E-state index contributed by atoms with van der Waals surface area (Å²) < 4.78 is 5.21. The zero-order chi connectivity index (χ0) is 17.9. The van der Waals surface area contributed by atoms with Crippen molar-refractivity contribution >= 4 is 33.4 Å². The van der Waals surface area contributed by atoms with Crippen molar-refractivity contribution in [3.05, 3.63) is 96.1 Å². The van der Waals surface area contributed by atoms with Gasteiger partial charge < -0.3 is 4.74 Å². The lowest BCUT2D eigenvalue weighted by atomic mass is 9.96. The first-order valence-corrected chi connectivity index (χ1v) is 8.53. The van der Waals surface area contributed by atoms with E-state index in [4.69, 9.17) is 4.74 Å². The van der Waals surface area contributed by atoms with Gasteiger partial charge in [0.05, 0.1) is 7.11 Å². The lowest BCUT2D eigenvalue weighted by Crippen LogP contribution is -1.95. The normalized spacial score (nSPS) is 11.3. The Hall–Kier alpha value is -3.39. The van der Waals surface area contributed by atoms with Gasteiger partial charge in [-0.3, -0.25) is 4.79 Å². The average Bonchev–Trinajstić information content (AvgIpc) is 2.71. The SMILES string of the molecule is COc1cccc(C(=O)C=Cc2c3ccccc3cc3ccccc23)c1. The maximum Gasteiger partial charge on any atom is 0.185 e. The summed E-state index contributed by atoms with van der Waals surface area (Å²) in [5, 5.41) is 4.61. The molecule has 0 spiro atoms. The first-order valence-electron chi connectivity index (χ1n) is 8.53. The number of rotatable bonds is 4. The minimum Gasteiger partial charge on any atom is -0.497 e. The Bertz CT molecular complexity index is 1090. The Balaban J connectivity index is 1.82. The minimum absolute atomic E-state index is 0.0408. The molecule has 0 N–H and O–H groups in total. The Kier molecular flexibility index (Phi) is 4.24. The van der Waals surface area contributed by atoms with Crippen LogP contribution in [0.25, 0.3) is 27.6 Å². The number of ether oxygens (including phenoxy) is 1. The molecule has 26 heavy (non-hydrogen) atoms. The van der Waals surface area contributed by atoms with Gasteiger partial charge in [-0.1, -0.05) is 60.7 Å². The van der Waals surface area contributed by atoms with Gasteiger partial charge >= 0.3 is 0 Å². The number of ketones is 1. The molecule has 0 aliphatic rings. The van der Waals surface area contributed by atoms with Gasteiger partial charge in [0.25, 0.3) is 0 Å². The Morgan fingerprint density at radius 1 is 0.808 bits per heavy atom. The van der Waals surface area contributed by atoms with Gasteiger partial charge in [-0.15, -0.1) is 0 Å². The topological polar surface area (TPSA) is 26.3 Å². The summed E-state index contributed by atoms with van der Waals surface area (Å²) in [6.07, 6.45) is 3.56. The number of benzene rings is 4. The zero-order valence-corrected chi connectivity index (χ0v) is 14.5. The zero-order valence-electron chi connectivity index (χ0n) is 14.5. The highest BCUT2D eigenvalue weighted by atomic mass is 16.5. The Morgan fingerprint density at radius 3 is 2.12 bits per heavy atom. The van der Waals surface area contributed by atoms with Crippen LogP contribution in [0, 0.1) is 0 Å². The fraction of sp³-hybridized carbons (Fsp3) is 0.0417. The molecule has 0 aliphatic heterocycles. The van der Waals surface area contributed by atoms with E-state index in [1.54, 1.807) is 25.3 Å². The fourth-order valence-electron chi connectivity index (χ4n) is 3.26. The molecule has 0 aromatic heterocycles. The molecule has 126 valence electrons. The number of methoxy groups -OCH3 is 1. The van der Waals surface area contributed by atoms with Crippen LogP contribution in [-0.2, 0) is 0 Å². The number of fused-ring (bicyclic) bond motifs is 2. The van der Waals surface area contributed by atoms with E-state index in [0.29, 0.717) is 11.3 Å². The van der Waals surface area contributed by atoms with Crippen molar-refractivity contribution in [2.24, 2.45) is 0 Å². The molecule has 0 heterocycles. The van der Waals surface area contributed by atoms with Gasteiger partial charge in [-0.05, 0) is 57.5 Å². The van der Waals surface area contributed by atoms with Gasteiger partial charge in [-0.2, -0.15) is 0 Å². The average molecular weight is 338 g/mol. The maximum atomic E-state index is 12.6. The molecule has 0 atom stereocenters. The van der Waals surface area contributed by atoms with Crippen LogP contribution >= 0.6 is 0 Å². The van der Waals surface area contributed by atoms with E-state index in [0.717, 1.165) is 16.3 Å². The van der Waals surface area contributed by atoms with Crippen LogP contribution in [0.1, 0.15) is 15.9 Å². The van der Waals surface area contributed by atoms with Gasteiger partial charge in [0, 0.05) is 5.56 Å². The summed E-state index contributed by atoms with van der Waals surface area (Å²) in [5.41, 5.74) is 1.68. The van der Waals surface area contributed by atoms with Crippen LogP contribution in [0.3, 0.4) is 0 Å². The van der Waals surface area contributed by atoms with Crippen LogP contribution in [0.15, 0.2) is 84.9 Å². The summed E-state index contributed by atoms with van der Waals surface area (Å²) in [4.78, 5) is 12.6. The molecule has 0 saturated carbocycles. The molecule has 4 aromatic rings. The van der Waals surface area contributed by atoms with Crippen LogP contribution in [0.5, 0.6) is 5.75 Å². The highest BCUT2D eigenvalue weighted by Crippen LogP contribution is 2.29. The van der Waals surface area contributed by atoms with Crippen LogP contribution < -0.4 is 4.74 Å². The van der Waals surface area contributed by atoms with Crippen LogP contribution in [0.2, 0.25) is 0 Å². The van der Waals surface area contributed by atoms with Gasteiger partial charge in [-0.25, -0.2) is 0 Å². The lowest BCUT2D eigenvalue weighted by Gasteiger charge is -2.08. The van der Waals surface area contributed by atoms with Crippen molar-refractivity contribution < 1.29 is 9.53 Å². The van der Waals surface area contributed by atoms with Crippen molar-refractivity contribution in [2.75, 3.05) is 7.11 Å². The van der Waals surface area contributed by atoms with E-state index in [9.17, 15) is 4.79 Å². The second kappa shape index (κ2) is 6.85. The Morgan fingerprint density at radius 2 is 1.46 bits per heavy atom. The van der Waals surface area contributed by atoms with E-state index >= 15 is 0 Å². The number of carbonyl (C=O) groups excluding carboxylic acids is 1. The first-order chi connectivity index (χ1) is 12.8. The van der Waals surface area contributed by atoms with Gasteiger partial charge in [0.2, 0.25) is 0 Å². The van der Waals surface area contributed by atoms with E-state index in [1.165, 1.54) is 10.8 Å². The van der Waals surface area contributed by atoms with Gasteiger partial charge in [0.15, 0.2) is 5.78 Å². The third kappa shape index (κ3) is 2.98. The monoisotopic (exact) mass is 338 g/mol. The first kappa shape index (κ1) is 16.1. The predicted molar refractivity (Wildman–Crippen MR) is 108 cm³/mol. The third-order valence-corrected chi connectivity index (χ3v) is 4.57. The molecular formula is C24H18O2. The van der Waals surface area contributed by atoms with E-state index in [1.807, 2.05) is 42.5 Å². The standard InChI is InChI=1S/C24H18O2/c1-26-20-10-6-9-19(16-20)24(25)14-13-23-21-11-4-2-7-17(21)15-18-8-3-5-12-22(18)23/h2-16H,1H3. The summed E-state index contributed by atoms with van der Waals surface area (Å²) in [5.74, 6) is 0.640. The highest BCUT2D eigenvalue weighted by molar-refractivity contribution is 6.11. The number of hydrogen-bond acceptors (Lipinski definition) is 2. The highest BCUT2D eigenvalue weighted by Gasteiger charge is 2.07. The minimum atomic E-state index is -0.0408. The van der Waals surface area contributed by atoms with E-state index in [2.05, 4.69) is 30.3 Å². The second-order valence-electron chi connectivity index (χ2n) is 6.16. The molecule has 0 radical (unpaired) electrons. The Labute approximate surface area is 152 Å². The number of carbonyl (C=O) groups is 1. The molecule has 4 aromatic carbocycles. The van der Waals surface area contributed by atoms with Gasteiger partial charge in [0.1, 0.15) is 5.75 Å². The molecule has 0 aliphatic carbocycles.